The lowest BCUT2D eigenvalue weighted by Crippen LogP contribution is -2.46. The Labute approximate surface area is 112 Å². The second kappa shape index (κ2) is 6.12. The van der Waals surface area contributed by atoms with Gasteiger partial charge in [0.2, 0.25) is 0 Å². The Balaban J connectivity index is 2.08. The van der Waals surface area contributed by atoms with Crippen molar-refractivity contribution in [3.63, 3.8) is 0 Å². The summed E-state index contributed by atoms with van der Waals surface area (Å²) in [5, 5.41) is 0. The van der Waals surface area contributed by atoms with Crippen LogP contribution in [0.5, 0.6) is 5.75 Å². The normalized spacial score (nSPS) is 17.4. The van der Waals surface area contributed by atoms with Crippen LogP contribution in [0.4, 0.5) is 4.39 Å². The van der Waals surface area contributed by atoms with Gasteiger partial charge in [0.1, 0.15) is 11.6 Å². The molecule has 104 valence electrons. The van der Waals surface area contributed by atoms with Crippen molar-refractivity contribution in [1.29, 1.82) is 0 Å². The zero-order valence-corrected chi connectivity index (χ0v) is 11.4. The minimum absolute atomic E-state index is 0.0592. The van der Waals surface area contributed by atoms with Gasteiger partial charge in [-0.2, -0.15) is 0 Å². The van der Waals surface area contributed by atoms with E-state index in [9.17, 15) is 9.18 Å². The van der Waals surface area contributed by atoms with Gasteiger partial charge in [0, 0.05) is 26.2 Å². The van der Waals surface area contributed by atoms with E-state index in [1.807, 2.05) is 4.90 Å². The SMILES string of the molecule is COc1cccc(F)c1C(=O)CN1CCN(C)CC1. The molecule has 1 heterocycles. The number of hydrogen-bond acceptors (Lipinski definition) is 4. The van der Waals surface area contributed by atoms with E-state index in [4.69, 9.17) is 4.74 Å². The number of methoxy groups -OCH3 is 1. The van der Waals surface area contributed by atoms with Gasteiger partial charge in [0.25, 0.3) is 0 Å². The van der Waals surface area contributed by atoms with Crippen molar-refractivity contribution in [3.8, 4) is 5.75 Å². The predicted molar refractivity (Wildman–Crippen MR) is 71.2 cm³/mol. The maximum atomic E-state index is 13.8. The van der Waals surface area contributed by atoms with Crippen LogP contribution in [0.3, 0.4) is 0 Å². The number of piperazine rings is 1. The van der Waals surface area contributed by atoms with Crippen molar-refractivity contribution in [2.24, 2.45) is 0 Å². The van der Waals surface area contributed by atoms with Crippen LogP contribution in [0.15, 0.2) is 18.2 Å². The molecule has 0 N–H and O–H groups in total. The number of carbonyl (C=O) groups excluding carboxylic acids is 1. The van der Waals surface area contributed by atoms with E-state index in [0.717, 1.165) is 26.2 Å². The van der Waals surface area contributed by atoms with Crippen LogP contribution < -0.4 is 4.74 Å². The molecule has 0 atom stereocenters. The van der Waals surface area contributed by atoms with Crippen LogP contribution >= 0.6 is 0 Å². The first-order valence-corrected chi connectivity index (χ1v) is 6.38. The van der Waals surface area contributed by atoms with E-state index < -0.39 is 5.82 Å². The van der Waals surface area contributed by atoms with Crippen LogP contribution in [-0.2, 0) is 0 Å². The largest absolute Gasteiger partial charge is 0.496 e. The highest BCUT2D eigenvalue weighted by Crippen LogP contribution is 2.22. The average Bonchev–Trinajstić information content (AvgIpc) is 2.40. The summed E-state index contributed by atoms with van der Waals surface area (Å²) in [5.74, 6) is -0.433. The summed E-state index contributed by atoms with van der Waals surface area (Å²) in [6, 6.07) is 4.45. The Bertz CT molecular complexity index is 457. The highest BCUT2D eigenvalue weighted by Gasteiger charge is 2.22. The van der Waals surface area contributed by atoms with Crippen molar-refractivity contribution in [3.05, 3.63) is 29.6 Å². The molecule has 19 heavy (non-hydrogen) atoms. The number of likely N-dealkylation sites (N-methyl/N-ethyl adjacent to an activating group) is 1. The molecule has 0 unspecified atom stereocenters. The molecular formula is C14H19FN2O2. The van der Waals surface area contributed by atoms with Crippen molar-refractivity contribution < 1.29 is 13.9 Å². The van der Waals surface area contributed by atoms with Gasteiger partial charge >= 0.3 is 0 Å². The molecule has 0 aliphatic carbocycles. The number of ether oxygens (including phenoxy) is 1. The van der Waals surface area contributed by atoms with Crippen molar-refractivity contribution in [2.75, 3.05) is 46.9 Å². The van der Waals surface area contributed by atoms with E-state index in [1.165, 1.54) is 13.2 Å². The summed E-state index contributed by atoms with van der Waals surface area (Å²) in [5.41, 5.74) is 0.0592. The summed E-state index contributed by atoms with van der Waals surface area (Å²) in [6.07, 6.45) is 0. The lowest BCUT2D eigenvalue weighted by Gasteiger charge is -2.31. The van der Waals surface area contributed by atoms with Gasteiger partial charge in [-0.1, -0.05) is 6.07 Å². The molecule has 2 rings (SSSR count). The molecule has 0 amide bonds. The van der Waals surface area contributed by atoms with Gasteiger partial charge in [-0.15, -0.1) is 0 Å². The van der Waals surface area contributed by atoms with Crippen LogP contribution in [-0.4, -0.2) is 62.5 Å². The molecule has 1 aromatic carbocycles. The quantitative estimate of drug-likeness (QED) is 0.768. The summed E-state index contributed by atoms with van der Waals surface area (Å²) in [4.78, 5) is 16.5. The molecular weight excluding hydrogens is 247 g/mol. The first kappa shape index (κ1) is 14.0. The van der Waals surface area contributed by atoms with Gasteiger partial charge < -0.3 is 9.64 Å². The van der Waals surface area contributed by atoms with Crippen molar-refractivity contribution >= 4 is 5.78 Å². The highest BCUT2D eigenvalue weighted by molar-refractivity contribution is 6.00. The molecule has 1 saturated heterocycles. The third-order valence-corrected chi connectivity index (χ3v) is 3.44. The van der Waals surface area contributed by atoms with E-state index in [1.54, 1.807) is 12.1 Å². The van der Waals surface area contributed by atoms with Crippen LogP contribution in [0, 0.1) is 5.82 Å². The smallest absolute Gasteiger partial charge is 0.183 e. The minimum Gasteiger partial charge on any atom is -0.496 e. The van der Waals surface area contributed by atoms with Crippen LogP contribution in [0.2, 0.25) is 0 Å². The van der Waals surface area contributed by atoms with Gasteiger partial charge in [-0.05, 0) is 19.2 Å². The number of halogens is 1. The summed E-state index contributed by atoms with van der Waals surface area (Å²) in [7, 11) is 3.50. The Morgan fingerprint density at radius 1 is 1.32 bits per heavy atom. The first-order chi connectivity index (χ1) is 9.11. The molecule has 1 aliphatic rings. The number of carbonyl (C=O) groups is 1. The van der Waals surface area contributed by atoms with Gasteiger partial charge in [-0.25, -0.2) is 4.39 Å². The first-order valence-electron chi connectivity index (χ1n) is 6.38. The molecule has 4 nitrogen and oxygen atoms in total. The van der Waals surface area contributed by atoms with E-state index in [0.29, 0.717) is 5.75 Å². The second-order valence-corrected chi connectivity index (χ2v) is 4.82. The molecule has 0 saturated carbocycles. The molecule has 0 spiro atoms. The monoisotopic (exact) mass is 266 g/mol. The molecule has 0 radical (unpaired) electrons. The van der Waals surface area contributed by atoms with Gasteiger partial charge in [0.15, 0.2) is 5.78 Å². The summed E-state index contributed by atoms with van der Waals surface area (Å²) in [6.45, 7) is 3.77. The van der Waals surface area contributed by atoms with Gasteiger partial charge in [0.05, 0.1) is 19.2 Å². The fourth-order valence-corrected chi connectivity index (χ4v) is 2.23. The van der Waals surface area contributed by atoms with E-state index >= 15 is 0 Å². The van der Waals surface area contributed by atoms with Crippen LogP contribution in [0.25, 0.3) is 0 Å². The summed E-state index contributed by atoms with van der Waals surface area (Å²) >= 11 is 0. The Morgan fingerprint density at radius 2 is 2.00 bits per heavy atom. The van der Waals surface area contributed by atoms with E-state index in [2.05, 4.69) is 11.9 Å². The number of Topliss-reactive ketones (excluding diaryl/α,β-unsaturated/α-hetero) is 1. The number of ketones is 1. The maximum absolute atomic E-state index is 13.8. The Hall–Kier alpha value is -1.46. The third-order valence-electron chi connectivity index (χ3n) is 3.44. The zero-order valence-electron chi connectivity index (χ0n) is 11.4. The minimum atomic E-state index is -0.515. The zero-order chi connectivity index (χ0) is 13.8. The number of nitrogens with zero attached hydrogens (tertiary/aromatic N) is 2. The number of hydrogen-bond donors (Lipinski definition) is 0. The molecule has 0 bridgehead atoms. The Morgan fingerprint density at radius 3 is 2.63 bits per heavy atom. The fourth-order valence-electron chi connectivity index (χ4n) is 2.23. The van der Waals surface area contributed by atoms with Crippen molar-refractivity contribution in [2.45, 2.75) is 0 Å². The lowest BCUT2D eigenvalue weighted by molar-refractivity contribution is 0.0869. The topological polar surface area (TPSA) is 32.8 Å². The average molecular weight is 266 g/mol. The second-order valence-electron chi connectivity index (χ2n) is 4.82. The molecule has 5 heteroatoms. The van der Waals surface area contributed by atoms with Gasteiger partial charge in [-0.3, -0.25) is 9.69 Å². The number of rotatable bonds is 4. The molecule has 1 aliphatic heterocycles. The molecule has 0 aromatic heterocycles. The maximum Gasteiger partial charge on any atom is 0.183 e. The lowest BCUT2D eigenvalue weighted by atomic mass is 10.1. The molecule has 1 aromatic rings. The Kier molecular flexibility index (Phi) is 4.50. The van der Waals surface area contributed by atoms with Crippen LogP contribution in [0.1, 0.15) is 10.4 Å². The van der Waals surface area contributed by atoms with E-state index in [-0.39, 0.29) is 17.9 Å². The standard InChI is InChI=1S/C14H19FN2O2/c1-16-6-8-17(9-7-16)10-12(18)14-11(15)4-3-5-13(14)19-2/h3-5H,6-10H2,1-2H3. The molecule has 1 fully saturated rings. The van der Waals surface area contributed by atoms with Crippen molar-refractivity contribution in [1.82, 2.24) is 9.80 Å². The fraction of sp³-hybridized carbons (Fsp3) is 0.500. The highest BCUT2D eigenvalue weighted by atomic mass is 19.1. The predicted octanol–water partition coefficient (Wildman–Crippen LogP) is 1.26. The summed E-state index contributed by atoms with van der Waals surface area (Å²) < 4.78 is 18.8. The number of benzene rings is 1. The third kappa shape index (κ3) is 3.30.